The molecule has 0 aromatic heterocycles. The van der Waals surface area contributed by atoms with Crippen LogP contribution in [-0.2, 0) is 16.1 Å². The summed E-state index contributed by atoms with van der Waals surface area (Å²) in [5.41, 5.74) is 9.96. The first-order valence-electron chi connectivity index (χ1n) is 12.9. The molecule has 0 unspecified atom stereocenters. The number of hydrogen-bond donors (Lipinski definition) is 1. The number of allylic oxidation sites excluding steroid dienone is 3. The number of carbonyl (C=O) groups is 1. The summed E-state index contributed by atoms with van der Waals surface area (Å²) in [6.45, 7) is 7.68. The second-order valence-corrected chi connectivity index (χ2v) is 12.1. The van der Waals surface area contributed by atoms with Gasteiger partial charge in [-0.3, -0.25) is 4.79 Å². The SMILES string of the molecule is CCOc1cc([C@@H]2C(C#N)=C(N)N(CCOC)C3=C2C(=O)CC(C)(C)C3)cc(I)c1OCc1cccc(Cl)c1. The number of benzene rings is 2. The zero-order valence-electron chi connectivity index (χ0n) is 22.6. The smallest absolute Gasteiger partial charge is 0.174 e. The molecule has 39 heavy (non-hydrogen) atoms. The maximum atomic E-state index is 13.7. The lowest BCUT2D eigenvalue weighted by atomic mass is 9.68. The largest absolute Gasteiger partial charge is 0.490 e. The average Bonchev–Trinajstić information content (AvgIpc) is 2.86. The molecule has 0 amide bonds. The fraction of sp³-hybridized carbons (Fsp3) is 0.400. The van der Waals surface area contributed by atoms with Gasteiger partial charge >= 0.3 is 0 Å². The van der Waals surface area contributed by atoms with Crippen LogP contribution in [0.3, 0.4) is 0 Å². The molecule has 2 aromatic carbocycles. The third-order valence-electron chi connectivity index (χ3n) is 6.94. The van der Waals surface area contributed by atoms with Crippen molar-refractivity contribution < 1.29 is 19.0 Å². The maximum absolute atomic E-state index is 13.7. The summed E-state index contributed by atoms with van der Waals surface area (Å²) in [5.74, 6) is 0.938. The highest BCUT2D eigenvalue weighted by Gasteiger charge is 2.44. The first kappa shape index (κ1) is 29.2. The zero-order valence-corrected chi connectivity index (χ0v) is 25.6. The van der Waals surface area contributed by atoms with Crippen LogP contribution in [0.4, 0.5) is 0 Å². The van der Waals surface area contributed by atoms with Crippen LogP contribution in [0.2, 0.25) is 5.02 Å². The van der Waals surface area contributed by atoms with Crippen LogP contribution < -0.4 is 15.2 Å². The summed E-state index contributed by atoms with van der Waals surface area (Å²) in [4.78, 5) is 15.6. The third-order valence-corrected chi connectivity index (χ3v) is 7.98. The van der Waals surface area contributed by atoms with E-state index in [0.29, 0.717) is 72.7 Å². The number of methoxy groups -OCH3 is 1. The van der Waals surface area contributed by atoms with Crippen molar-refractivity contribution in [1.82, 2.24) is 4.90 Å². The van der Waals surface area contributed by atoms with Crippen LogP contribution in [-0.4, -0.2) is 37.6 Å². The Kier molecular flexibility index (Phi) is 9.14. The van der Waals surface area contributed by atoms with E-state index in [1.807, 2.05) is 48.2 Å². The number of nitrogens with zero attached hydrogens (tertiary/aromatic N) is 2. The van der Waals surface area contributed by atoms with E-state index in [9.17, 15) is 10.1 Å². The van der Waals surface area contributed by atoms with Gasteiger partial charge in [0.15, 0.2) is 17.3 Å². The second kappa shape index (κ2) is 12.2. The van der Waals surface area contributed by atoms with Gasteiger partial charge in [0.1, 0.15) is 12.4 Å². The molecule has 2 aliphatic rings. The van der Waals surface area contributed by atoms with Gasteiger partial charge in [-0.05, 0) is 76.7 Å². The van der Waals surface area contributed by atoms with Crippen LogP contribution >= 0.6 is 34.2 Å². The average molecular weight is 662 g/mol. The molecule has 1 atom stereocenters. The van der Waals surface area contributed by atoms with Gasteiger partial charge in [0.25, 0.3) is 0 Å². The van der Waals surface area contributed by atoms with Gasteiger partial charge in [-0.1, -0.05) is 37.6 Å². The monoisotopic (exact) mass is 661 g/mol. The van der Waals surface area contributed by atoms with Gasteiger partial charge in [0.05, 0.1) is 34.3 Å². The molecule has 9 heteroatoms. The van der Waals surface area contributed by atoms with Gasteiger partial charge in [-0.2, -0.15) is 5.26 Å². The molecule has 206 valence electrons. The van der Waals surface area contributed by atoms with Crippen LogP contribution in [0.15, 0.2) is 59.1 Å². The summed E-state index contributed by atoms with van der Waals surface area (Å²) < 4.78 is 18.3. The van der Waals surface area contributed by atoms with Crippen molar-refractivity contribution >= 4 is 40.0 Å². The molecule has 1 aliphatic heterocycles. The summed E-state index contributed by atoms with van der Waals surface area (Å²) in [6.07, 6.45) is 1.07. The lowest BCUT2D eigenvalue weighted by molar-refractivity contribution is -0.118. The van der Waals surface area contributed by atoms with Crippen molar-refractivity contribution in [2.24, 2.45) is 11.1 Å². The normalized spacial score (nSPS) is 18.6. The van der Waals surface area contributed by atoms with Crippen molar-refractivity contribution in [3.05, 3.63) is 78.8 Å². The Morgan fingerprint density at radius 2 is 2.00 bits per heavy atom. The van der Waals surface area contributed by atoms with Crippen molar-refractivity contribution in [2.45, 2.75) is 46.1 Å². The van der Waals surface area contributed by atoms with Crippen LogP contribution in [0.1, 0.15) is 50.7 Å². The Morgan fingerprint density at radius 3 is 2.67 bits per heavy atom. The predicted octanol–water partition coefficient (Wildman–Crippen LogP) is 6.30. The van der Waals surface area contributed by atoms with E-state index in [0.717, 1.165) is 20.4 Å². The number of rotatable bonds is 9. The Morgan fingerprint density at radius 1 is 1.23 bits per heavy atom. The van der Waals surface area contributed by atoms with Gasteiger partial charge in [-0.25, -0.2) is 0 Å². The minimum atomic E-state index is -0.595. The number of hydrogen-bond acceptors (Lipinski definition) is 7. The molecule has 0 spiro atoms. The highest BCUT2D eigenvalue weighted by molar-refractivity contribution is 14.1. The maximum Gasteiger partial charge on any atom is 0.174 e. The topological polar surface area (TPSA) is 97.8 Å². The fourth-order valence-corrected chi connectivity index (χ4v) is 6.28. The Balaban J connectivity index is 1.82. The van der Waals surface area contributed by atoms with Crippen molar-refractivity contribution in [2.75, 3.05) is 26.9 Å². The highest BCUT2D eigenvalue weighted by Crippen LogP contribution is 2.50. The summed E-state index contributed by atoms with van der Waals surface area (Å²) >= 11 is 8.36. The number of ether oxygens (including phenoxy) is 3. The molecule has 0 radical (unpaired) electrons. The van der Waals surface area contributed by atoms with E-state index >= 15 is 0 Å². The van der Waals surface area contributed by atoms with Crippen LogP contribution in [0.25, 0.3) is 0 Å². The summed E-state index contributed by atoms with van der Waals surface area (Å²) in [5, 5.41) is 10.9. The lowest BCUT2D eigenvalue weighted by Crippen LogP contribution is -2.43. The van der Waals surface area contributed by atoms with E-state index < -0.39 is 5.92 Å². The van der Waals surface area contributed by atoms with E-state index in [-0.39, 0.29) is 11.2 Å². The van der Waals surface area contributed by atoms with Crippen molar-refractivity contribution in [1.29, 1.82) is 5.26 Å². The minimum absolute atomic E-state index is 0.0307. The Labute approximate surface area is 248 Å². The van der Waals surface area contributed by atoms with Crippen LogP contribution in [0.5, 0.6) is 11.5 Å². The number of nitrogens with two attached hydrogens (primary N) is 1. The minimum Gasteiger partial charge on any atom is -0.490 e. The summed E-state index contributed by atoms with van der Waals surface area (Å²) in [7, 11) is 1.62. The third kappa shape index (κ3) is 6.21. The number of Topliss-reactive ketones (excluding diaryl/α,β-unsaturated/α-hetero) is 1. The molecule has 2 aromatic rings. The Bertz CT molecular complexity index is 1380. The van der Waals surface area contributed by atoms with Gasteiger partial charge in [0.2, 0.25) is 0 Å². The molecule has 0 saturated carbocycles. The molecule has 7 nitrogen and oxygen atoms in total. The number of nitriles is 1. The van der Waals surface area contributed by atoms with Crippen LogP contribution in [0, 0.1) is 20.3 Å². The first-order valence-corrected chi connectivity index (χ1v) is 14.3. The van der Waals surface area contributed by atoms with E-state index in [4.69, 9.17) is 31.5 Å². The van der Waals surface area contributed by atoms with Gasteiger partial charge in [-0.15, -0.1) is 0 Å². The first-order chi connectivity index (χ1) is 18.6. The van der Waals surface area contributed by atoms with Gasteiger partial charge in [0, 0.05) is 36.4 Å². The molecule has 0 bridgehead atoms. The van der Waals surface area contributed by atoms with E-state index in [1.54, 1.807) is 7.11 Å². The van der Waals surface area contributed by atoms with Crippen molar-refractivity contribution in [3.8, 4) is 17.6 Å². The molecule has 1 aliphatic carbocycles. The molecule has 4 rings (SSSR count). The second-order valence-electron chi connectivity index (χ2n) is 10.5. The molecule has 2 N–H and O–H groups in total. The standard InChI is InChI=1S/C30H33ClIN3O4/c1-5-38-25-13-19(12-22(32)28(25)39-17-18-7-6-8-20(31)11-18)26-21(16-33)29(34)35(9-10-37-4)23-14-30(2,3)15-24(36)27(23)26/h6-8,11-13,26H,5,9-10,14-15,17,34H2,1-4H3/t26-/m1/s1. The molecule has 0 saturated heterocycles. The quantitative estimate of drug-likeness (QED) is 0.315. The highest BCUT2D eigenvalue weighted by atomic mass is 127. The fourth-order valence-electron chi connectivity index (χ4n) is 5.29. The van der Waals surface area contributed by atoms with Crippen molar-refractivity contribution in [3.63, 3.8) is 0 Å². The zero-order chi connectivity index (χ0) is 28.3. The number of ketones is 1. The molecule has 1 heterocycles. The number of halogens is 2. The lowest BCUT2D eigenvalue weighted by Gasteiger charge is -2.43. The molecular weight excluding hydrogens is 629 g/mol. The molecular formula is C30H33ClIN3O4. The number of carbonyl (C=O) groups excluding carboxylic acids is 1. The summed E-state index contributed by atoms with van der Waals surface area (Å²) in [6, 6.07) is 13.6. The molecule has 0 fully saturated rings. The Hall–Kier alpha value is -2.74. The van der Waals surface area contributed by atoms with E-state index in [2.05, 4.69) is 42.5 Å². The predicted molar refractivity (Wildman–Crippen MR) is 159 cm³/mol. The van der Waals surface area contributed by atoms with E-state index in [1.165, 1.54) is 0 Å². The van der Waals surface area contributed by atoms with Gasteiger partial charge < -0.3 is 24.8 Å².